The third-order valence-electron chi connectivity index (χ3n) is 8.76. The van der Waals surface area contributed by atoms with E-state index in [2.05, 4.69) is 0 Å². The average Bonchev–Trinajstić information content (AvgIpc) is 3.53. The molecule has 1 unspecified atom stereocenters. The van der Waals surface area contributed by atoms with Crippen LogP contribution in [0.3, 0.4) is 0 Å². The predicted molar refractivity (Wildman–Crippen MR) is 187 cm³/mol. The van der Waals surface area contributed by atoms with Crippen LogP contribution < -0.4 is 4.74 Å². The van der Waals surface area contributed by atoms with Crippen molar-refractivity contribution in [3.8, 4) is 11.5 Å². The van der Waals surface area contributed by atoms with Gasteiger partial charge in [0.25, 0.3) is 11.8 Å². The van der Waals surface area contributed by atoms with Gasteiger partial charge >= 0.3 is 11.9 Å². The van der Waals surface area contributed by atoms with E-state index in [1.807, 2.05) is 0 Å². The van der Waals surface area contributed by atoms with E-state index >= 15 is 0 Å². The van der Waals surface area contributed by atoms with Crippen molar-refractivity contribution in [1.29, 1.82) is 0 Å². The first-order valence-corrected chi connectivity index (χ1v) is 16.1. The summed E-state index contributed by atoms with van der Waals surface area (Å²) in [5.41, 5.74) is 3.01. The zero-order chi connectivity index (χ0) is 36.0. The molecule has 50 heavy (non-hydrogen) atoms. The van der Waals surface area contributed by atoms with Crippen LogP contribution in [0.15, 0.2) is 78.9 Å². The maximum Gasteiger partial charge on any atom is 0.320 e. The van der Waals surface area contributed by atoms with Gasteiger partial charge in [-0.05, 0) is 111 Å². The van der Waals surface area contributed by atoms with Gasteiger partial charge in [0, 0.05) is 33.3 Å². The summed E-state index contributed by atoms with van der Waals surface area (Å²) in [4.78, 5) is 54.3. The van der Waals surface area contributed by atoms with Gasteiger partial charge in [0.05, 0.1) is 40.5 Å². The first-order valence-electron chi connectivity index (χ1n) is 15.4. The third kappa shape index (κ3) is 6.12. The molecule has 254 valence electrons. The predicted octanol–water partition coefficient (Wildman–Crippen LogP) is 8.17. The molecule has 0 radical (unpaired) electrons. The Balaban J connectivity index is 1.32. The number of aromatic nitrogens is 2. The molecule has 6 aromatic rings. The van der Waals surface area contributed by atoms with Crippen molar-refractivity contribution < 1.29 is 38.1 Å². The number of phenolic OH excluding ortho intramolecular Hbond substituents is 1. The lowest BCUT2D eigenvalue weighted by molar-refractivity contribution is -0.160. The van der Waals surface area contributed by atoms with E-state index in [1.54, 1.807) is 38.1 Å². The average molecular weight is 716 g/mol. The van der Waals surface area contributed by atoms with Crippen LogP contribution in [0.5, 0.6) is 11.5 Å². The van der Waals surface area contributed by atoms with E-state index in [0.717, 1.165) is 0 Å². The van der Waals surface area contributed by atoms with Crippen molar-refractivity contribution >= 4 is 68.8 Å². The van der Waals surface area contributed by atoms with Gasteiger partial charge in [-0.2, -0.15) is 0 Å². The second kappa shape index (κ2) is 13.5. The lowest BCUT2D eigenvalue weighted by Crippen LogP contribution is -2.21. The Bertz CT molecular complexity index is 2380. The Labute approximate surface area is 295 Å². The van der Waals surface area contributed by atoms with Crippen LogP contribution in [-0.2, 0) is 20.7 Å². The first-order chi connectivity index (χ1) is 23.8. The van der Waals surface area contributed by atoms with Crippen LogP contribution in [0.4, 0.5) is 4.39 Å². The molecular weight excluding hydrogens is 686 g/mol. The normalized spacial score (nSPS) is 11.9. The number of benzene rings is 4. The smallest absolute Gasteiger partial charge is 0.320 e. The molecule has 2 heterocycles. The number of fused-ring (bicyclic) bond motifs is 2. The molecule has 12 heteroatoms. The highest BCUT2D eigenvalue weighted by atomic mass is 35.5. The molecule has 1 atom stereocenters. The second-order valence-electron chi connectivity index (χ2n) is 11.8. The Hall–Kier alpha value is -5.45. The number of esters is 2. The second-order valence-corrected chi connectivity index (χ2v) is 12.6. The van der Waals surface area contributed by atoms with Crippen LogP contribution in [0, 0.1) is 19.7 Å². The SMILES string of the molecule is COc1ccc2c(c1)c(CC(=O)OC(=O)C(C)c1c(C)n(C(=O)c3ccc(F)cc3)c3ccc(O)cc13)c(C)n2C(=O)c1ccc(Cl)c(Cl)c1. The summed E-state index contributed by atoms with van der Waals surface area (Å²) in [7, 11) is 1.49. The van der Waals surface area contributed by atoms with Gasteiger partial charge in [0.15, 0.2) is 0 Å². The fourth-order valence-corrected chi connectivity index (χ4v) is 6.59. The van der Waals surface area contributed by atoms with Gasteiger partial charge < -0.3 is 14.6 Å². The van der Waals surface area contributed by atoms with Crippen LogP contribution >= 0.6 is 23.2 Å². The molecule has 0 aliphatic heterocycles. The van der Waals surface area contributed by atoms with E-state index in [4.69, 9.17) is 32.7 Å². The molecule has 0 bridgehead atoms. The van der Waals surface area contributed by atoms with Crippen LogP contribution in [0.1, 0.15) is 56.1 Å². The summed E-state index contributed by atoms with van der Waals surface area (Å²) in [5, 5.41) is 11.8. The Morgan fingerprint density at radius 1 is 0.780 bits per heavy atom. The van der Waals surface area contributed by atoms with Crippen molar-refractivity contribution in [2.45, 2.75) is 33.1 Å². The summed E-state index contributed by atoms with van der Waals surface area (Å²) in [6.07, 6.45) is -0.361. The van der Waals surface area contributed by atoms with Crippen molar-refractivity contribution in [3.63, 3.8) is 0 Å². The van der Waals surface area contributed by atoms with E-state index < -0.39 is 35.5 Å². The molecule has 0 amide bonds. The molecule has 0 aliphatic rings. The van der Waals surface area contributed by atoms with E-state index in [-0.39, 0.29) is 28.3 Å². The zero-order valence-corrected chi connectivity index (χ0v) is 28.7. The highest BCUT2D eigenvalue weighted by Gasteiger charge is 2.30. The van der Waals surface area contributed by atoms with Gasteiger partial charge in [-0.1, -0.05) is 23.2 Å². The molecule has 9 nitrogen and oxygen atoms in total. The number of rotatable bonds is 7. The van der Waals surface area contributed by atoms with E-state index in [1.165, 1.54) is 77.8 Å². The van der Waals surface area contributed by atoms with Gasteiger partial charge in [-0.25, -0.2) is 4.39 Å². The molecule has 1 N–H and O–H groups in total. The molecular formula is C38H29Cl2FN2O7. The summed E-state index contributed by atoms with van der Waals surface area (Å²) in [6.45, 7) is 4.85. The quantitative estimate of drug-likeness (QED) is 0.131. The molecule has 4 aromatic carbocycles. The molecule has 0 saturated heterocycles. The van der Waals surface area contributed by atoms with Gasteiger partial charge in [0.1, 0.15) is 17.3 Å². The molecule has 2 aromatic heterocycles. The lowest BCUT2D eigenvalue weighted by Gasteiger charge is -2.13. The standard InChI is InChI=1S/C38H29Cl2FN2O7/c1-19(35-21(3)43(33-13-10-25(44)16-29(33)35)36(46)22-5-8-24(41)9-6-22)38(48)50-34(45)18-27-20(2)42(32-14-11-26(49-4)17-28(27)32)37(47)23-7-12-30(39)31(40)15-23/h5-17,19,44H,18H2,1-4H3. The molecule has 0 aliphatic carbocycles. The maximum atomic E-state index is 13.7. The summed E-state index contributed by atoms with van der Waals surface area (Å²) < 4.78 is 27.2. The molecule has 6 rings (SSSR count). The van der Waals surface area contributed by atoms with Gasteiger partial charge in [0.2, 0.25) is 0 Å². The number of hydrogen-bond acceptors (Lipinski definition) is 7. The molecule has 0 fully saturated rings. The zero-order valence-electron chi connectivity index (χ0n) is 27.2. The minimum Gasteiger partial charge on any atom is -0.508 e. The van der Waals surface area contributed by atoms with Gasteiger partial charge in [-0.3, -0.25) is 28.3 Å². The lowest BCUT2D eigenvalue weighted by atomic mass is 9.98. The van der Waals surface area contributed by atoms with Gasteiger partial charge in [-0.15, -0.1) is 0 Å². The summed E-state index contributed by atoms with van der Waals surface area (Å²) in [6, 6.07) is 19.0. The minimum absolute atomic E-state index is 0.0977. The highest BCUT2D eigenvalue weighted by Crippen LogP contribution is 2.36. The highest BCUT2D eigenvalue weighted by molar-refractivity contribution is 6.42. The minimum atomic E-state index is -1.05. The van der Waals surface area contributed by atoms with Crippen molar-refractivity contribution in [2.75, 3.05) is 7.11 Å². The number of aromatic hydroxyl groups is 1. The van der Waals surface area contributed by atoms with Crippen LogP contribution in [0.2, 0.25) is 10.0 Å². The van der Waals surface area contributed by atoms with Crippen molar-refractivity contribution in [3.05, 3.63) is 128 Å². The Kier molecular flexibility index (Phi) is 9.26. The molecule has 0 spiro atoms. The summed E-state index contributed by atoms with van der Waals surface area (Å²) >= 11 is 12.3. The number of methoxy groups -OCH3 is 1. The van der Waals surface area contributed by atoms with Crippen LogP contribution in [0.25, 0.3) is 21.8 Å². The fraction of sp³-hybridized carbons (Fsp3) is 0.158. The first kappa shape index (κ1) is 34.4. The maximum absolute atomic E-state index is 13.7. The molecule has 0 saturated carbocycles. The topological polar surface area (TPSA) is 117 Å². The fourth-order valence-electron chi connectivity index (χ4n) is 6.29. The van der Waals surface area contributed by atoms with E-state index in [9.17, 15) is 28.7 Å². The Morgan fingerprint density at radius 3 is 2.08 bits per heavy atom. The monoisotopic (exact) mass is 714 g/mol. The number of nitrogens with zero attached hydrogens (tertiary/aromatic N) is 2. The summed E-state index contributed by atoms with van der Waals surface area (Å²) in [5.74, 6) is -3.81. The number of carbonyl (C=O) groups is 4. The Morgan fingerprint density at radius 2 is 1.40 bits per heavy atom. The number of carbonyl (C=O) groups excluding carboxylic acids is 4. The van der Waals surface area contributed by atoms with Crippen molar-refractivity contribution in [2.24, 2.45) is 0 Å². The largest absolute Gasteiger partial charge is 0.508 e. The number of ether oxygens (including phenoxy) is 2. The number of phenols is 1. The van der Waals surface area contributed by atoms with E-state index in [0.29, 0.717) is 55.1 Å². The number of halogens is 3. The third-order valence-corrected chi connectivity index (χ3v) is 9.50. The van der Waals surface area contributed by atoms with Crippen LogP contribution in [-0.4, -0.2) is 45.1 Å². The van der Waals surface area contributed by atoms with Crippen molar-refractivity contribution in [1.82, 2.24) is 9.13 Å². The number of hydrogen-bond donors (Lipinski definition) is 1.